The van der Waals surface area contributed by atoms with Crippen molar-refractivity contribution in [3.63, 3.8) is 0 Å². The molecule has 0 unspecified atom stereocenters. The summed E-state index contributed by atoms with van der Waals surface area (Å²) < 4.78 is 37.5. The lowest BCUT2D eigenvalue weighted by atomic mass is 10.2. The highest BCUT2D eigenvalue weighted by Crippen LogP contribution is 2.16. The molecule has 8 heteroatoms. The number of hydrogen-bond acceptors (Lipinski definition) is 6. The molecule has 0 atom stereocenters. The summed E-state index contributed by atoms with van der Waals surface area (Å²) in [5, 5.41) is 8.99. The maximum atomic E-state index is 12.9. The molecule has 1 aliphatic heterocycles. The smallest absolute Gasteiger partial charge is 0.178 e. The lowest BCUT2D eigenvalue weighted by Crippen LogP contribution is -2.47. The third-order valence-corrected chi connectivity index (χ3v) is 6.45. The minimum atomic E-state index is -3.38. The molecule has 1 aromatic carbocycles. The van der Waals surface area contributed by atoms with E-state index in [4.69, 9.17) is 5.26 Å². The van der Waals surface area contributed by atoms with E-state index < -0.39 is 15.7 Å². The van der Waals surface area contributed by atoms with Gasteiger partial charge >= 0.3 is 0 Å². The van der Waals surface area contributed by atoms with Crippen LogP contribution in [0.4, 0.5) is 10.2 Å². The van der Waals surface area contributed by atoms with Crippen LogP contribution in [0.1, 0.15) is 12.0 Å². The van der Waals surface area contributed by atoms with Crippen LogP contribution in [-0.4, -0.2) is 56.8 Å². The van der Waals surface area contributed by atoms with Crippen molar-refractivity contribution in [1.82, 2.24) is 9.88 Å². The molecule has 0 aliphatic carbocycles. The van der Waals surface area contributed by atoms with E-state index in [9.17, 15) is 12.8 Å². The summed E-state index contributed by atoms with van der Waals surface area (Å²) in [7, 11) is -3.38. The maximum absolute atomic E-state index is 12.9. The molecule has 1 aromatic heterocycles. The second-order valence-electron chi connectivity index (χ2n) is 6.47. The first-order valence-corrected chi connectivity index (χ1v) is 10.4. The highest BCUT2D eigenvalue weighted by molar-refractivity contribution is 7.91. The van der Waals surface area contributed by atoms with Crippen LogP contribution in [0.25, 0.3) is 0 Å². The molecule has 0 bridgehead atoms. The third kappa shape index (κ3) is 5.02. The molecule has 142 valence electrons. The van der Waals surface area contributed by atoms with Crippen LogP contribution in [0, 0.1) is 17.1 Å². The molecule has 0 spiro atoms. The number of halogens is 1. The lowest BCUT2D eigenvalue weighted by molar-refractivity contribution is 0.258. The molecule has 1 saturated heterocycles. The summed E-state index contributed by atoms with van der Waals surface area (Å²) in [5.74, 6) is 0.402. The van der Waals surface area contributed by atoms with E-state index in [1.54, 1.807) is 18.3 Å². The molecular weight excluding hydrogens is 367 g/mol. The zero-order chi connectivity index (χ0) is 19.3. The normalized spacial score (nSPS) is 15.5. The van der Waals surface area contributed by atoms with Crippen molar-refractivity contribution >= 4 is 15.7 Å². The Hall–Kier alpha value is -2.50. The number of sulfone groups is 1. The number of nitrogens with zero attached hydrogens (tertiary/aromatic N) is 4. The highest BCUT2D eigenvalue weighted by Gasteiger charge is 2.20. The third-order valence-electron chi connectivity index (χ3n) is 4.63. The van der Waals surface area contributed by atoms with Gasteiger partial charge in [0.25, 0.3) is 0 Å². The first-order chi connectivity index (χ1) is 13.0. The monoisotopic (exact) mass is 388 g/mol. The van der Waals surface area contributed by atoms with Crippen molar-refractivity contribution in [2.45, 2.75) is 11.3 Å². The van der Waals surface area contributed by atoms with Crippen LogP contribution in [0.3, 0.4) is 0 Å². The largest absolute Gasteiger partial charge is 0.354 e. The zero-order valence-electron chi connectivity index (χ0n) is 14.9. The van der Waals surface area contributed by atoms with Crippen LogP contribution in [0.15, 0.2) is 47.5 Å². The van der Waals surface area contributed by atoms with Crippen molar-refractivity contribution in [3.05, 3.63) is 54.0 Å². The van der Waals surface area contributed by atoms with E-state index in [-0.39, 0.29) is 10.6 Å². The molecule has 0 amide bonds. The van der Waals surface area contributed by atoms with Gasteiger partial charge in [0.05, 0.1) is 22.3 Å². The van der Waals surface area contributed by atoms with Gasteiger partial charge in [0.1, 0.15) is 11.6 Å². The van der Waals surface area contributed by atoms with Crippen LogP contribution >= 0.6 is 0 Å². The molecule has 1 aliphatic rings. The van der Waals surface area contributed by atoms with Crippen LogP contribution < -0.4 is 4.90 Å². The fraction of sp³-hybridized carbons (Fsp3) is 0.368. The first-order valence-electron chi connectivity index (χ1n) is 8.80. The zero-order valence-corrected chi connectivity index (χ0v) is 15.7. The Bertz CT molecular complexity index is 917. The van der Waals surface area contributed by atoms with Crippen molar-refractivity contribution < 1.29 is 12.8 Å². The molecule has 0 radical (unpaired) electrons. The summed E-state index contributed by atoms with van der Waals surface area (Å²) in [6.07, 6.45) is 2.17. The van der Waals surface area contributed by atoms with E-state index >= 15 is 0 Å². The standard InChI is InChI=1S/C19H21FN4O2S/c20-17-2-4-18(5-3-17)27(25,26)13-1-8-23-9-11-24(12-10-23)19-14-16(15-21)6-7-22-19/h2-7,14H,1,8-13H2. The van der Waals surface area contributed by atoms with Gasteiger partial charge in [-0.2, -0.15) is 5.26 Å². The number of aromatic nitrogens is 1. The van der Waals surface area contributed by atoms with Gasteiger partial charge in [-0.3, -0.25) is 4.90 Å². The van der Waals surface area contributed by atoms with Gasteiger partial charge in [-0.25, -0.2) is 17.8 Å². The second-order valence-corrected chi connectivity index (χ2v) is 8.58. The molecular formula is C19H21FN4O2S. The molecule has 2 heterocycles. The van der Waals surface area contributed by atoms with Crippen LogP contribution in [-0.2, 0) is 9.84 Å². The van der Waals surface area contributed by atoms with E-state index in [0.717, 1.165) is 32.0 Å². The van der Waals surface area contributed by atoms with Gasteiger partial charge in [-0.1, -0.05) is 0 Å². The molecule has 2 aromatic rings. The van der Waals surface area contributed by atoms with Gasteiger partial charge in [0, 0.05) is 32.4 Å². The van der Waals surface area contributed by atoms with Crippen molar-refractivity contribution in [1.29, 1.82) is 5.26 Å². The van der Waals surface area contributed by atoms with E-state index in [0.29, 0.717) is 18.5 Å². The second kappa shape index (κ2) is 8.46. The number of pyridine rings is 1. The number of piperazine rings is 1. The Morgan fingerprint density at radius 3 is 2.48 bits per heavy atom. The predicted molar refractivity (Wildman–Crippen MR) is 101 cm³/mol. The summed E-state index contributed by atoms with van der Waals surface area (Å²) in [4.78, 5) is 8.84. The molecule has 6 nitrogen and oxygen atoms in total. The van der Waals surface area contributed by atoms with Gasteiger partial charge in [-0.15, -0.1) is 0 Å². The van der Waals surface area contributed by atoms with E-state index in [1.807, 2.05) is 0 Å². The summed E-state index contributed by atoms with van der Waals surface area (Å²) >= 11 is 0. The van der Waals surface area contributed by atoms with Crippen molar-refractivity contribution in [2.75, 3.05) is 43.4 Å². The lowest BCUT2D eigenvalue weighted by Gasteiger charge is -2.35. The van der Waals surface area contributed by atoms with Crippen LogP contribution in [0.2, 0.25) is 0 Å². The average Bonchev–Trinajstić information content (AvgIpc) is 2.69. The molecule has 0 N–H and O–H groups in total. The highest BCUT2D eigenvalue weighted by atomic mass is 32.2. The predicted octanol–water partition coefficient (Wildman–Crippen LogP) is 2.08. The Kier molecular flexibility index (Phi) is 6.04. The number of rotatable bonds is 6. The quantitative estimate of drug-likeness (QED) is 0.705. The van der Waals surface area contributed by atoms with E-state index in [2.05, 4.69) is 20.9 Å². The fourth-order valence-electron chi connectivity index (χ4n) is 3.10. The van der Waals surface area contributed by atoms with Crippen LogP contribution in [0.5, 0.6) is 0 Å². The Morgan fingerprint density at radius 1 is 1.11 bits per heavy atom. The van der Waals surface area contributed by atoms with Crippen molar-refractivity contribution in [3.8, 4) is 6.07 Å². The molecule has 1 fully saturated rings. The van der Waals surface area contributed by atoms with E-state index in [1.165, 1.54) is 24.3 Å². The minimum Gasteiger partial charge on any atom is -0.354 e. The fourth-order valence-corrected chi connectivity index (χ4v) is 4.40. The molecule has 0 saturated carbocycles. The number of nitriles is 1. The number of benzene rings is 1. The van der Waals surface area contributed by atoms with Gasteiger partial charge < -0.3 is 4.90 Å². The summed E-state index contributed by atoms with van der Waals surface area (Å²) in [6.45, 7) is 3.89. The Labute approximate surface area is 158 Å². The summed E-state index contributed by atoms with van der Waals surface area (Å²) in [5.41, 5.74) is 0.591. The molecule has 3 rings (SSSR count). The molecule has 27 heavy (non-hydrogen) atoms. The van der Waals surface area contributed by atoms with Gasteiger partial charge in [-0.05, 0) is 49.4 Å². The number of hydrogen-bond donors (Lipinski definition) is 0. The minimum absolute atomic E-state index is 0.0462. The summed E-state index contributed by atoms with van der Waals surface area (Å²) in [6, 6.07) is 10.5. The number of anilines is 1. The topological polar surface area (TPSA) is 77.3 Å². The van der Waals surface area contributed by atoms with Gasteiger partial charge in [0.2, 0.25) is 0 Å². The maximum Gasteiger partial charge on any atom is 0.178 e. The Morgan fingerprint density at radius 2 is 1.81 bits per heavy atom. The Balaban J connectivity index is 1.47. The van der Waals surface area contributed by atoms with Gasteiger partial charge in [0.15, 0.2) is 9.84 Å². The average molecular weight is 388 g/mol. The van der Waals surface area contributed by atoms with Crippen molar-refractivity contribution in [2.24, 2.45) is 0 Å². The SMILES string of the molecule is N#Cc1ccnc(N2CCN(CCCS(=O)(=O)c3ccc(F)cc3)CC2)c1. The first kappa shape index (κ1) is 19.3.